The summed E-state index contributed by atoms with van der Waals surface area (Å²) < 4.78 is 5.04. The Hall–Kier alpha value is -1.62. The number of piperidine rings is 1. The van der Waals surface area contributed by atoms with Gasteiger partial charge in [0, 0.05) is 24.0 Å². The molecule has 20 heavy (non-hydrogen) atoms. The minimum absolute atomic E-state index is 0.0348. The Kier molecular flexibility index (Phi) is 5.35. The van der Waals surface area contributed by atoms with Crippen molar-refractivity contribution < 1.29 is 14.3 Å². The molecular formula is C15H19NO3S. The van der Waals surface area contributed by atoms with E-state index in [1.165, 1.54) is 0 Å². The number of amides is 1. The van der Waals surface area contributed by atoms with Crippen molar-refractivity contribution >= 4 is 29.3 Å². The zero-order valence-corrected chi connectivity index (χ0v) is 12.4. The summed E-state index contributed by atoms with van der Waals surface area (Å²) in [5, 5.41) is 1.97. The molecule has 0 spiro atoms. The number of nitrogens with zero attached hydrogens (tertiary/aromatic N) is 1. The first-order valence-corrected chi connectivity index (χ1v) is 7.75. The largest absolute Gasteiger partial charge is 0.466 e. The quantitative estimate of drug-likeness (QED) is 0.633. The van der Waals surface area contributed by atoms with Gasteiger partial charge in [-0.25, -0.2) is 0 Å². The van der Waals surface area contributed by atoms with Crippen LogP contribution < -0.4 is 0 Å². The molecule has 1 aromatic heterocycles. The van der Waals surface area contributed by atoms with Crippen molar-refractivity contribution in [1.29, 1.82) is 0 Å². The van der Waals surface area contributed by atoms with Crippen molar-refractivity contribution in [3.05, 3.63) is 28.5 Å². The SMILES string of the molecule is CCOC(=O)[C@H]1CCCN(C(=O)/C=C/c2cccs2)C1. The van der Waals surface area contributed by atoms with Crippen LogP contribution in [-0.2, 0) is 14.3 Å². The maximum absolute atomic E-state index is 12.1. The highest BCUT2D eigenvalue weighted by molar-refractivity contribution is 7.10. The van der Waals surface area contributed by atoms with E-state index in [1.54, 1.807) is 29.2 Å². The van der Waals surface area contributed by atoms with Gasteiger partial charge in [0.15, 0.2) is 0 Å². The number of likely N-dealkylation sites (tertiary alicyclic amines) is 1. The maximum atomic E-state index is 12.1. The zero-order valence-electron chi connectivity index (χ0n) is 11.6. The lowest BCUT2D eigenvalue weighted by atomic mass is 9.98. The van der Waals surface area contributed by atoms with E-state index in [-0.39, 0.29) is 17.8 Å². The van der Waals surface area contributed by atoms with Crippen molar-refractivity contribution in [2.75, 3.05) is 19.7 Å². The number of rotatable bonds is 4. The molecule has 0 unspecified atom stereocenters. The third-order valence-corrected chi connectivity index (χ3v) is 4.12. The van der Waals surface area contributed by atoms with Crippen LogP contribution in [0.1, 0.15) is 24.6 Å². The Morgan fingerprint density at radius 2 is 2.40 bits per heavy atom. The fraction of sp³-hybridized carbons (Fsp3) is 0.467. The fourth-order valence-corrected chi connectivity index (χ4v) is 2.89. The Balaban J connectivity index is 1.91. The molecule has 0 radical (unpaired) electrons. The summed E-state index contributed by atoms with van der Waals surface area (Å²) in [7, 11) is 0. The van der Waals surface area contributed by atoms with Crippen molar-refractivity contribution in [3.8, 4) is 0 Å². The van der Waals surface area contributed by atoms with E-state index in [9.17, 15) is 9.59 Å². The molecule has 2 rings (SSSR count). The summed E-state index contributed by atoms with van der Waals surface area (Å²) in [6.07, 6.45) is 5.06. The highest BCUT2D eigenvalue weighted by atomic mass is 32.1. The number of hydrogen-bond acceptors (Lipinski definition) is 4. The van der Waals surface area contributed by atoms with E-state index in [2.05, 4.69) is 0 Å². The van der Waals surface area contributed by atoms with Gasteiger partial charge in [0.1, 0.15) is 0 Å². The van der Waals surface area contributed by atoms with Gasteiger partial charge in [-0.2, -0.15) is 0 Å². The Bertz CT molecular complexity index is 481. The fourth-order valence-electron chi connectivity index (χ4n) is 2.27. The molecule has 0 N–H and O–H groups in total. The van der Waals surface area contributed by atoms with Crippen LogP contribution in [0.4, 0.5) is 0 Å². The monoisotopic (exact) mass is 293 g/mol. The van der Waals surface area contributed by atoms with Gasteiger partial charge in [-0.05, 0) is 37.3 Å². The van der Waals surface area contributed by atoms with E-state index in [4.69, 9.17) is 4.74 Å². The molecular weight excluding hydrogens is 274 g/mol. The molecule has 1 amide bonds. The number of thiophene rings is 1. The van der Waals surface area contributed by atoms with E-state index in [0.29, 0.717) is 19.7 Å². The van der Waals surface area contributed by atoms with Gasteiger partial charge < -0.3 is 9.64 Å². The average Bonchev–Trinajstić information content (AvgIpc) is 2.98. The van der Waals surface area contributed by atoms with E-state index >= 15 is 0 Å². The van der Waals surface area contributed by atoms with Crippen LogP contribution in [0.2, 0.25) is 0 Å². The van der Waals surface area contributed by atoms with Gasteiger partial charge in [0.2, 0.25) is 5.91 Å². The molecule has 0 aliphatic carbocycles. The molecule has 108 valence electrons. The second-order valence-electron chi connectivity index (χ2n) is 4.72. The van der Waals surface area contributed by atoms with Crippen LogP contribution >= 0.6 is 11.3 Å². The minimum atomic E-state index is -0.188. The van der Waals surface area contributed by atoms with Crippen LogP contribution in [0.25, 0.3) is 6.08 Å². The van der Waals surface area contributed by atoms with Gasteiger partial charge >= 0.3 is 5.97 Å². The Labute approximate surface area is 123 Å². The first-order valence-electron chi connectivity index (χ1n) is 6.88. The van der Waals surface area contributed by atoms with Gasteiger partial charge in [-0.15, -0.1) is 11.3 Å². The minimum Gasteiger partial charge on any atom is -0.466 e. The van der Waals surface area contributed by atoms with Crippen LogP contribution in [0.3, 0.4) is 0 Å². The second-order valence-corrected chi connectivity index (χ2v) is 5.70. The molecule has 0 saturated carbocycles. The summed E-state index contributed by atoms with van der Waals surface area (Å²) in [4.78, 5) is 26.6. The Morgan fingerprint density at radius 1 is 1.55 bits per heavy atom. The highest BCUT2D eigenvalue weighted by Gasteiger charge is 2.28. The number of hydrogen-bond donors (Lipinski definition) is 0. The predicted octanol–water partition coefficient (Wildman–Crippen LogP) is 2.56. The molecule has 1 aliphatic rings. The molecule has 4 nitrogen and oxygen atoms in total. The average molecular weight is 293 g/mol. The topological polar surface area (TPSA) is 46.6 Å². The molecule has 1 saturated heterocycles. The van der Waals surface area contributed by atoms with Gasteiger partial charge in [-0.3, -0.25) is 9.59 Å². The summed E-state index contributed by atoms with van der Waals surface area (Å²) in [6, 6.07) is 3.92. The zero-order chi connectivity index (χ0) is 14.4. The van der Waals surface area contributed by atoms with E-state index in [0.717, 1.165) is 17.7 Å². The van der Waals surface area contributed by atoms with Crippen LogP contribution in [0, 0.1) is 5.92 Å². The molecule has 1 atom stereocenters. The van der Waals surface area contributed by atoms with Crippen molar-refractivity contribution in [2.45, 2.75) is 19.8 Å². The first-order chi connectivity index (χ1) is 9.70. The molecule has 0 bridgehead atoms. The highest BCUT2D eigenvalue weighted by Crippen LogP contribution is 2.19. The van der Waals surface area contributed by atoms with Crippen molar-refractivity contribution in [1.82, 2.24) is 4.90 Å². The standard InChI is InChI=1S/C15H19NO3S/c1-2-19-15(18)12-5-3-9-16(11-12)14(17)8-7-13-6-4-10-20-13/h4,6-8,10,12H,2-3,5,9,11H2,1H3/b8-7+/t12-/m0/s1. The lowest BCUT2D eigenvalue weighted by molar-refractivity contribution is -0.150. The van der Waals surface area contributed by atoms with E-state index < -0.39 is 0 Å². The second kappa shape index (κ2) is 7.24. The van der Waals surface area contributed by atoms with E-state index in [1.807, 2.05) is 23.6 Å². The molecule has 1 aliphatic heterocycles. The van der Waals surface area contributed by atoms with Gasteiger partial charge in [-0.1, -0.05) is 6.07 Å². The summed E-state index contributed by atoms with van der Waals surface area (Å²) >= 11 is 1.59. The van der Waals surface area contributed by atoms with Crippen LogP contribution in [-0.4, -0.2) is 36.5 Å². The predicted molar refractivity (Wildman–Crippen MR) is 79.3 cm³/mol. The van der Waals surface area contributed by atoms with Crippen molar-refractivity contribution in [3.63, 3.8) is 0 Å². The Morgan fingerprint density at radius 3 is 3.10 bits per heavy atom. The smallest absolute Gasteiger partial charge is 0.310 e. The lowest BCUT2D eigenvalue weighted by Gasteiger charge is -2.30. The normalized spacial score (nSPS) is 19.2. The maximum Gasteiger partial charge on any atom is 0.310 e. The molecule has 2 heterocycles. The number of ether oxygens (including phenoxy) is 1. The van der Waals surface area contributed by atoms with Gasteiger partial charge in [0.05, 0.1) is 12.5 Å². The molecule has 1 aromatic rings. The number of carbonyl (C=O) groups is 2. The van der Waals surface area contributed by atoms with Crippen molar-refractivity contribution in [2.24, 2.45) is 5.92 Å². The third-order valence-electron chi connectivity index (χ3n) is 3.29. The van der Waals surface area contributed by atoms with Crippen LogP contribution in [0.15, 0.2) is 23.6 Å². The summed E-state index contributed by atoms with van der Waals surface area (Å²) in [5.74, 6) is -0.401. The third kappa shape index (κ3) is 3.93. The van der Waals surface area contributed by atoms with Gasteiger partial charge in [0.25, 0.3) is 0 Å². The molecule has 1 fully saturated rings. The molecule has 0 aromatic carbocycles. The number of carbonyl (C=O) groups excluding carboxylic acids is 2. The lowest BCUT2D eigenvalue weighted by Crippen LogP contribution is -2.42. The summed E-state index contributed by atoms with van der Waals surface area (Å²) in [6.45, 7) is 3.37. The summed E-state index contributed by atoms with van der Waals surface area (Å²) in [5.41, 5.74) is 0. The first kappa shape index (κ1) is 14.8. The molecule has 5 heteroatoms. The number of esters is 1. The van der Waals surface area contributed by atoms with Crippen LogP contribution in [0.5, 0.6) is 0 Å².